The Labute approximate surface area is 376 Å². The quantitative estimate of drug-likeness (QED) is 0.0424. The summed E-state index contributed by atoms with van der Waals surface area (Å²) in [4.78, 5) is 12.4. The Bertz CT molecular complexity index is 1320. The fraction of sp³-hybridized carbons (Fsp3) is 0.561. The number of unbranched alkanes of at least 4 members (excludes halogenated alkanes) is 13. The van der Waals surface area contributed by atoms with Crippen LogP contribution < -0.4 is 5.32 Å². The van der Waals surface area contributed by atoms with Crippen LogP contribution in [0.5, 0.6) is 0 Å². The van der Waals surface area contributed by atoms with Crippen LogP contribution in [-0.4, -0.2) is 34.9 Å². The first-order chi connectivity index (χ1) is 30.2. The van der Waals surface area contributed by atoms with Gasteiger partial charge in [-0.25, -0.2) is 0 Å². The number of allylic oxidation sites excluding steroid dienone is 23. The minimum Gasteiger partial charge on any atom is -0.394 e. The summed E-state index contributed by atoms with van der Waals surface area (Å²) in [5.74, 6) is -0.104. The predicted molar refractivity (Wildman–Crippen MR) is 271 cm³/mol. The normalized spacial score (nSPS) is 14.2. The van der Waals surface area contributed by atoms with Gasteiger partial charge in [0.2, 0.25) is 5.91 Å². The van der Waals surface area contributed by atoms with E-state index < -0.39 is 12.1 Å². The molecule has 0 fully saturated rings. The van der Waals surface area contributed by atoms with Crippen molar-refractivity contribution in [2.24, 2.45) is 0 Å². The minimum atomic E-state index is -0.862. The van der Waals surface area contributed by atoms with Crippen LogP contribution in [0.25, 0.3) is 0 Å². The minimum absolute atomic E-state index is 0.104. The number of nitrogens with one attached hydrogen (secondary N) is 1. The van der Waals surface area contributed by atoms with Gasteiger partial charge in [-0.15, -0.1) is 0 Å². The summed E-state index contributed by atoms with van der Waals surface area (Å²) in [6, 6.07) is -0.650. The highest BCUT2D eigenvalue weighted by atomic mass is 16.3. The maximum atomic E-state index is 12.4. The smallest absolute Gasteiger partial charge is 0.220 e. The molecular formula is C57H91NO3. The molecule has 1 amide bonds. The van der Waals surface area contributed by atoms with Gasteiger partial charge in [0.05, 0.1) is 18.8 Å². The average Bonchev–Trinajstić information content (AvgIpc) is 3.26. The zero-order valence-corrected chi connectivity index (χ0v) is 39.1. The molecule has 0 saturated heterocycles. The molecular weight excluding hydrogens is 747 g/mol. The third-order valence-electron chi connectivity index (χ3n) is 10.1. The lowest BCUT2D eigenvalue weighted by Crippen LogP contribution is -2.45. The Kier molecular flexibility index (Phi) is 47.5. The lowest BCUT2D eigenvalue weighted by Gasteiger charge is -2.19. The number of hydrogen-bond donors (Lipinski definition) is 3. The molecule has 0 aliphatic rings. The van der Waals surface area contributed by atoms with Crippen molar-refractivity contribution in [2.75, 3.05) is 6.61 Å². The van der Waals surface area contributed by atoms with Crippen molar-refractivity contribution >= 4 is 5.91 Å². The van der Waals surface area contributed by atoms with Crippen molar-refractivity contribution in [1.82, 2.24) is 5.32 Å². The highest BCUT2D eigenvalue weighted by molar-refractivity contribution is 5.76. The SMILES string of the molecule is CC/C=C\C/C=C\C/C=C\C/C=C\C/C=C\C/C=C\C/C=C\C/C=C\C/C=C\C/C=C\C/C=C\CCCCCC(=O)NC(CO)C(O)/C=C/CCCCCCCCCCCC. The lowest BCUT2D eigenvalue weighted by atomic mass is 10.1. The second kappa shape index (κ2) is 50.6. The van der Waals surface area contributed by atoms with Gasteiger partial charge in [0.1, 0.15) is 0 Å². The molecule has 0 heterocycles. The van der Waals surface area contributed by atoms with E-state index in [1.165, 1.54) is 57.8 Å². The van der Waals surface area contributed by atoms with Crippen molar-refractivity contribution in [3.63, 3.8) is 0 Å². The zero-order valence-electron chi connectivity index (χ0n) is 39.1. The molecule has 0 aromatic carbocycles. The Morgan fingerprint density at radius 2 is 0.721 bits per heavy atom. The second-order valence-electron chi connectivity index (χ2n) is 15.8. The topological polar surface area (TPSA) is 69.6 Å². The van der Waals surface area contributed by atoms with Crippen molar-refractivity contribution in [3.05, 3.63) is 146 Å². The number of aliphatic hydroxyl groups is 2. The number of hydrogen-bond acceptors (Lipinski definition) is 3. The third kappa shape index (κ3) is 47.2. The van der Waals surface area contributed by atoms with E-state index in [0.717, 1.165) is 109 Å². The summed E-state index contributed by atoms with van der Waals surface area (Å²) in [5, 5.41) is 23.0. The van der Waals surface area contributed by atoms with Crippen molar-refractivity contribution in [1.29, 1.82) is 0 Å². The number of amides is 1. The Morgan fingerprint density at radius 1 is 0.410 bits per heavy atom. The zero-order chi connectivity index (χ0) is 44.2. The van der Waals surface area contributed by atoms with Crippen LogP contribution in [-0.2, 0) is 4.79 Å². The second-order valence-corrected chi connectivity index (χ2v) is 15.8. The maximum Gasteiger partial charge on any atom is 0.220 e. The van der Waals surface area contributed by atoms with E-state index in [0.29, 0.717) is 6.42 Å². The highest BCUT2D eigenvalue weighted by Crippen LogP contribution is 2.12. The van der Waals surface area contributed by atoms with Crippen molar-refractivity contribution in [2.45, 2.75) is 199 Å². The largest absolute Gasteiger partial charge is 0.394 e. The summed E-state index contributed by atoms with van der Waals surface area (Å²) in [7, 11) is 0. The van der Waals surface area contributed by atoms with Gasteiger partial charge in [-0.05, 0) is 103 Å². The summed E-state index contributed by atoms with van der Waals surface area (Å²) in [6.45, 7) is 4.15. The van der Waals surface area contributed by atoms with Gasteiger partial charge in [-0.2, -0.15) is 0 Å². The van der Waals surface area contributed by atoms with Crippen LogP contribution in [0.1, 0.15) is 187 Å². The first-order valence-corrected chi connectivity index (χ1v) is 24.5. The third-order valence-corrected chi connectivity index (χ3v) is 10.1. The van der Waals surface area contributed by atoms with Gasteiger partial charge in [0, 0.05) is 6.42 Å². The van der Waals surface area contributed by atoms with Crippen LogP contribution in [0.3, 0.4) is 0 Å². The lowest BCUT2D eigenvalue weighted by molar-refractivity contribution is -0.123. The van der Waals surface area contributed by atoms with Crippen LogP contribution in [0.2, 0.25) is 0 Å². The predicted octanol–water partition coefficient (Wildman–Crippen LogP) is 16.1. The van der Waals surface area contributed by atoms with E-state index in [1.807, 2.05) is 6.08 Å². The molecule has 0 aliphatic heterocycles. The van der Waals surface area contributed by atoms with Crippen LogP contribution in [0.4, 0.5) is 0 Å². The van der Waals surface area contributed by atoms with Gasteiger partial charge in [0.25, 0.3) is 0 Å². The van der Waals surface area contributed by atoms with E-state index in [2.05, 4.69) is 153 Å². The van der Waals surface area contributed by atoms with E-state index in [1.54, 1.807) is 6.08 Å². The fourth-order valence-corrected chi connectivity index (χ4v) is 6.36. The summed E-state index contributed by atoms with van der Waals surface area (Å²) >= 11 is 0. The Morgan fingerprint density at radius 3 is 1.08 bits per heavy atom. The van der Waals surface area contributed by atoms with E-state index in [9.17, 15) is 15.0 Å². The Balaban J connectivity index is 3.74. The van der Waals surface area contributed by atoms with E-state index in [4.69, 9.17) is 0 Å². The molecule has 0 aliphatic carbocycles. The molecule has 342 valence electrons. The molecule has 2 atom stereocenters. The summed E-state index contributed by atoms with van der Waals surface area (Å²) in [5.41, 5.74) is 0. The van der Waals surface area contributed by atoms with Gasteiger partial charge in [-0.1, -0.05) is 224 Å². The first kappa shape index (κ1) is 57.3. The van der Waals surface area contributed by atoms with Crippen molar-refractivity contribution < 1.29 is 15.0 Å². The average molecular weight is 838 g/mol. The highest BCUT2D eigenvalue weighted by Gasteiger charge is 2.17. The fourth-order valence-electron chi connectivity index (χ4n) is 6.36. The number of rotatable bonds is 42. The molecule has 0 aromatic heterocycles. The monoisotopic (exact) mass is 838 g/mol. The molecule has 4 heteroatoms. The molecule has 0 rings (SSSR count). The van der Waals surface area contributed by atoms with Gasteiger partial charge < -0.3 is 15.5 Å². The van der Waals surface area contributed by atoms with Gasteiger partial charge in [-0.3, -0.25) is 4.79 Å². The van der Waals surface area contributed by atoms with Crippen LogP contribution in [0, 0.1) is 0 Å². The maximum absolute atomic E-state index is 12.4. The number of carbonyl (C=O) groups excluding carboxylic acids is 1. The molecule has 0 saturated carbocycles. The van der Waals surface area contributed by atoms with Gasteiger partial charge >= 0.3 is 0 Å². The number of carbonyl (C=O) groups is 1. The molecule has 3 N–H and O–H groups in total. The first-order valence-electron chi connectivity index (χ1n) is 24.5. The van der Waals surface area contributed by atoms with Gasteiger partial charge in [0.15, 0.2) is 0 Å². The molecule has 0 aromatic rings. The van der Waals surface area contributed by atoms with Crippen molar-refractivity contribution in [3.8, 4) is 0 Å². The standard InChI is InChI=1S/C57H91NO3/c1-3-5-7-9-11-13-15-17-18-19-20-21-22-23-24-25-26-27-28-29-30-31-32-33-34-35-36-37-38-39-40-41-43-45-47-49-51-53-57(61)58-55(54-59)56(60)52-50-48-46-44-42-16-14-12-10-8-6-4-2/h5,7,11,13,17-18,20-21,23-24,26-27,29-30,32-33,35-36,38-39,41,43,50,52,55-56,59-60H,3-4,6,8-10,12,14-16,19,22,25,28,31,34,37,40,42,44-49,51,53-54H2,1-2H3,(H,58,61)/b7-5-,13-11-,18-17-,21-20-,24-23-,27-26-,30-29-,33-32-,36-35-,39-38-,43-41-,52-50+. The van der Waals surface area contributed by atoms with Crippen LogP contribution in [0.15, 0.2) is 146 Å². The number of aliphatic hydroxyl groups excluding tert-OH is 2. The van der Waals surface area contributed by atoms with E-state index >= 15 is 0 Å². The van der Waals surface area contributed by atoms with E-state index in [-0.39, 0.29) is 12.5 Å². The summed E-state index contributed by atoms with van der Waals surface area (Å²) < 4.78 is 0. The molecule has 0 spiro atoms. The molecule has 61 heavy (non-hydrogen) atoms. The molecule has 4 nitrogen and oxygen atoms in total. The van der Waals surface area contributed by atoms with Crippen LogP contribution >= 0.6 is 0 Å². The molecule has 2 unspecified atom stereocenters. The Hall–Kier alpha value is -3.73. The molecule has 0 radical (unpaired) electrons. The summed E-state index contributed by atoms with van der Waals surface area (Å²) in [6.07, 6.45) is 81.1. The molecule has 0 bridgehead atoms.